The maximum atomic E-state index is 13.6. The van der Waals surface area contributed by atoms with Crippen LogP contribution in [0.3, 0.4) is 0 Å². The lowest BCUT2D eigenvalue weighted by molar-refractivity contribution is -0.120. The number of aromatic nitrogens is 1. The number of nitrogens with zero attached hydrogens (tertiary/aromatic N) is 1. The van der Waals surface area contributed by atoms with Gasteiger partial charge in [-0.3, -0.25) is 4.79 Å². The van der Waals surface area contributed by atoms with Gasteiger partial charge in [0.05, 0.1) is 12.1 Å². The SMILES string of the molecule is Cc1ccc(-c2nc(CC(=O)NCc3cc(Br)ccc3F)cs2)o1. The summed E-state index contributed by atoms with van der Waals surface area (Å²) in [5.41, 5.74) is 1.10. The standard InChI is InChI=1S/C17H14BrFN2O2S/c1-10-2-5-15(23-10)17-21-13(9-24-17)7-16(22)20-8-11-6-12(18)3-4-14(11)19/h2-6,9H,7-8H2,1H3,(H,20,22). The maximum absolute atomic E-state index is 13.6. The fraction of sp³-hybridized carbons (Fsp3) is 0.176. The second-order valence-corrected chi connectivity index (χ2v) is 7.02. The Kier molecular flexibility index (Phi) is 5.11. The minimum absolute atomic E-state index is 0.137. The van der Waals surface area contributed by atoms with E-state index in [9.17, 15) is 9.18 Å². The number of furan rings is 1. The highest BCUT2D eigenvalue weighted by atomic mass is 79.9. The highest BCUT2D eigenvalue weighted by Gasteiger charge is 2.12. The lowest BCUT2D eigenvalue weighted by Gasteiger charge is -2.06. The van der Waals surface area contributed by atoms with Gasteiger partial charge in [0.1, 0.15) is 11.6 Å². The van der Waals surface area contributed by atoms with Crippen LogP contribution in [0.1, 0.15) is 17.0 Å². The van der Waals surface area contributed by atoms with Crippen LogP contribution in [-0.4, -0.2) is 10.9 Å². The molecule has 124 valence electrons. The Hall–Kier alpha value is -1.99. The number of nitrogens with one attached hydrogen (secondary N) is 1. The minimum atomic E-state index is -0.345. The summed E-state index contributed by atoms with van der Waals surface area (Å²) in [7, 11) is 0. The Morgan fingerprint density at radius 3 is 2.96 bits per heavy atom. The summed E-state index contributed by atoms with van der Waals surface area (Å²) in [5.74, 6) is 0.959. The van der Waals surface area contributed by atoms with E-state index < -0.39 is 0 Å². The number of hydrogen-bond acceptors (Lipinski definition) is 4. The second kappa shape index (κ2) is 7.27. The summed E-state index contributed by atoms with van der Waals surface area (Å²) >= 11 is 4.71. The van der Waals surface area contributed by atoms with Crippen molar-refractivity contribution in [3.63, 3.8) is 0 Å². The first kappa shape index (κ1) is 16.9. The topological polar surface area (TPSA) is 55.1 Å². The van der Waals surface area contributed by atoms with Crippen molar-refractivity contribution in [2.45, 2.75) is 19.9 Å². The number of benzene rings is 1. The van der Waals surface area contributed by atoms with Crippen molar-refractivity contribution >= 4 is 33.2 Å². The predicted octanol–water partition coefficient (Wildman–Crippen LogP) is 4.47. The number of carbonyl (C=O) groups excluding carboxylic acids is 1. The van der Waals surface area contributed by atoms with Gasteiger partial charge in [0.25, 0.3) is 0 Å². The van der Waals surface area contributed by atoms with Crippen LogP contribution in [-0.2, 0) is 17.8 Å². The fourth-order valence-corrected chi connectivity index (χ4v) is 3.34. The van der Waals surface area contributed by atoms with Crippen molar-refractivity contribution in [2.24, 2.45) is 0 Å². The minimum Gasteiger partial charge on any atom is -0.459 e. The van der Waals surface area contributed by atoms with E-state index in [1.54, 1.807) is 12.1 Å². The number of aryl methyl sites for hydroxylation is 1. The van der Waals surface area contributed by atoms with E-state index in [2.05, 4.69) is 26.2 Å². The van der Waals surface area contributed by atoms with Gasteiger partial charge in [0.2, 0.25) is 5.91 Å². The molecule has 7 heteroatoms. The molecule has 1 amide bonds. The van der Waals surface area contributed by atoms with E-state index >= 15 is 0 Å². The first-order valence-electron chi connectivity index (χ1n) is 7.23. The van der Waals surface area contributed by atoms with E-state index in [0.717, 1.165) is 15.2 Å². The molecule has 1 N–H and O–H groups in total. The molecule has 2 aromatic heterocycles. The Labute approximate surface area is 150 Å². The number of halogens is 2. The molecule has 0 bridgehead atoms. The molecule has 0 aliphatic rings. The Morgan fingerprint density at radius 2 is 2.21 bits per heavy atom. The van der Waals surface area contributed by atoms with Crippen LogP contribution < -0.4 is 5.32 Å². The second-order valence-electron chi connectivity index (χ2n) is 5.24. The molecule has 0 atom stereocenters. The molecule has 0 fully saturated rings. The van der Waals surface area contributed by atoms with Crippen LogP contribution in [0.5, 0.6) is 0 Å². The van der Waals surface area contributed by atoms with Crippen molar-refractivity contribution in [1.29, 1.82) is 0 Å². The molecule has 0 saturated carbocycles. The largest absolute Gasteiger partial charge is 0.459 e. The third-order valence-electron chi connectivity index (χ3n) is 3.33. The van der Waals surface area contributed by atoms with E-state index in [1.807, 2.05) is 24.4 Å². The summed E-state index contributed by atoms with van der Waals surface area (Å²) in [5, 5.41) is 5.28. The third kappa shape index (κ3) is 4.10. The summed E-state index contributed by atoms with van der Waals surface area (Å²) in [6.45, 7) is 2.00. The van der Waals surface area contributed by atoms with Crippen LogP contribution in [0.2, 0.25) is 0 Å². The monoisotopic (exact) mass is 408 g/mol. The highest BCUT2D eigenvalue weighted by Crippen LogP contribution is 2.25. The first-order chi connectivity index (χ1) is 11.5. The Bertz CT molecular complexity index is 875. The molecule has 0 spiro atoms. The molecular weight excluding hydrogens is 395 g/mol. The van der Waals surface area contributed by atoms with Crippen LogP contribution in [0, 0.1) is 12.7 Å². The van der Waals surface area contributed by atoms with E-state index in [0.29, 0.717) is 17.0 Å². The van der Waals surface area contributed by atoms with Gasteiger partial charge in [-0.2, -0.15) is 0 Å². The number of carbonyl (C=O) groups is 1. The molecular formula is C17H14BrFN2O2S. The molecule has 3 aromatic rings. The summed E-state index contributed by atoms with van der Waals surface area (Å²) < 4.78 is 19.9. The average molecular weight is 409 g/mol. The van der Waals surface area contributed by atoms with Crippen LogP contribution in [0.25, 0.3) is 10.8 Å². The van der Waals surface area contributed by atoms with Gasteiger partial charge < -0.3 is 9.73 Å². The quantitative estimate of drug-likeness (QED) is 0.677. The number of thiazole rings is 1. The number of hydrogen-bond donors (Lipinski definition) is 1. The molecule has 0 unspecified atom stereocenters. The third-order valence-corrected chi connectivity index (χ3v) is 4.73. The maximum Gasteiger partial charge on any atom is 0.226 e. The van der Waals surface area contributed by atoms with E-state index in [-0.39, 0.29) is 24.7 Å². The molecule has 2 heterocycles. The summed E-state index contributed by atoms with van der Waals surface area (Å²) in [6.07, 6.45) is 0.145. The summed E-state index contributed by atoms with van der Waals surface area (Å²) in [4.78, 5) is 16.4. The normalized spacial score (nSPS) is 10.8. The van der Waals surface area contributed by atoms with Crippen molar-refractivity contribution < 1.29 is 13.6 Å². The smallest absolute Gasteiger partial charge is 0.226 e. The highest BCUT2D eigenvalue weighted by molar-refractivity contribution is 9.10. The number of amides is 1. The Morgan fingerprint density at radius 1 is 1.38 bits per heavy atom. The zero-order chi connectivity index (χ0) is 17.1. The zero-order valence-corrected chi connectivity index (χ0v) is 15.2. The molecule has 0 saturated heterocycles. The molecule has 0 aliphatic carbocycles. The average Bonchev–Trinajstić information content (AvgIpc) is 3.17. The lowest BCUT2D eigenvalue weighted by Crippen LogP contribution is -2.25. The van der Waals surface area contributed by atoms with Crippen LogP contribution >= 0.6 is 27.3 Å². The van der Waals surface area contributed by atoms with Crippen molar-refractivity contribution in [1.82, 2.24) is 10.3 Å². The molecule has 0 aliphatic heterocycles. The van der Waals surface area contributed by atoms with Gasteiger partial charge >= 0.3 is 0 Å². The van der Waals surface area contributed by atoms with Crippen molar-refractivity contribution in [3.8, 4) is 10.8 Å². The van der Waals surface area contributed by atoms with Gasteiger partial charge in [0.15, 0.2) is 10.8 Å². The molecule has 1 aromatic carbocycles. The van der Waals surface area contributed by atoms with Crippen molar-refractivity contribution in [2.75, 3.05) is 0 Å². The first-order valence-corrected chi connectivity index (χ1v) is 8.90. The summed E-state index contributed by atoms with van der Waals surface area (Å²) in [6, 6.07) is 8.36. The number of rotatable bonds is 5. The zero-order valence-electron chi connectivity index (χ0n) is 12.8. The molecule has 24 heavy (non-hydrogen) atoms. The van der Waals surface area contributed by atoms with E-state index in [4.69, 9.17) is 4.42 Å². The fourth-order valence-electron chi connectivity index (χ4n) is 2.15. The van der Waals surface area contributed by atoms with Crippen LogP contribution in [0.15, 0.2) is 44.6 Å². The van der Waals surface area contributed by atoms with Gasteiger partial charge in [-0.25, -0.2) is 9.37 Å². The van der Waals surface area contributed by atoms with Gasteiger partial charge in [-0.1, -0.05) is 15.9 Å². The molecule has 0 radical (unpaired) electrons. The van der Waals surface area contributed by atoms with Gasteiger partial charge in [-0.05, 0) is 37.3 Å². The van der Waals surface area contributed by atoms with Crippen molar-refractivity contribution in [3.05, 3.63) is 63.0 Å². The van der Waals surface area contributed by atoms with Crippen LogP contribution in [0.4, 0.5) is 4.39 Å². The lowest BCUT2D eigenvalue weighted by atomic mass is 10.2. The van der Waals surface area contributed by atoms with Gasteiger partial charge in [0, 0.05) is 22.0 Å². The van der Waals surface area contributed by atoms with Gasteiger partial charge in [-0.15, -0.1) is 11.3 Å². The Balaban J connectivity index is 1.59. The molecule has 3 rings (SSSR count). The molecule has 4 nitrogen and oxygen atoms in total. The van der Waals surface area contributed by atoms with E-state index in [1.165, 1.54) is 17.4 Å². The predicted molar refractivity (Wildman–Crippen MR) is 94.2 cm³/mol.